The molecule has 0 radical (unpaired) electrons. The second kappa shape index (κ2) is 6.13. The fourth-order valence-corrected chi connectivity index (χ4v) is 2.64. The molecule has 0 unspecified atom stereocenters. The molecule has 2 heterocycles. The Morgan fingerprint density at radius 2 is 2.08 bits per heavy atom. The Labute approximate surface area is 141 Å². The van der Waals surface area contributed by atoms with E-state index >= 15 is 0 Å². The summed E-state index contributed by atoms with van der Waals surface area (Å²) in [5.74, 6) is 1.60. The molecule has 0 saturated carbocycles. The maximum atomic E-state index is 8.98. The van der Waals surface area contributed by atoms with Gasteiger partial charge in [-0.3, -0.25) is 0 Å². The van der Waals surface area contributed by atoms with E-state index in [1.54, 1.807) is 19.3 Å². The van der Waals surface area contributed by atoms with Gasteiger partial charge in [0.1, 0.15) is 17.1 Å². The number of benzene rings is 1. The normalized spacial score (nSPS) is 15.2. The molecule has 0 atom stereocenters. The number of ether oxygens (including phenoxy) is 1. The Morgan fingerprint density at radius 3 is 2.75 bits per heavy atom. The Morgan fingerprint density at radius 1 is 1.29 bits per heavy atom. The van der Waals surface area contributed by atoms with Crippen molar-refractivity contribution in [3.05, 3.63) is 71.9 Å². The molecule has 2 aromatic rings. The van der Waals surface area contributed by atoms with Gasteiger partial charge in [-0.2, -0.15) is 5.26 Å². The van der Waals surface area contributed by atoms with Crippen LogP contribution in [0, 0.1) is 11.3 Å². The molecule has 0 saturated heterocycles. The zero-order chi connectivity index (χ0) is 17.3. The minimum absolute atomic E-state index is 0.595. The lowest BCUT2D eigenvalue weighted by atomic mass is 10.1. The van der Waals surface area contributed by atoms with Crippen LogP contribution in [0.15, 0.2) is 70.6 Å². The second-order valence-corrected chi connectivity index (χ2v) is 5.61. The topological polar surface area (TPSA) is 49.4 Å². The van der Waals surface area contributed by atoms with E-state index in [0.717, 1.165) is 39.4 Å². The van der Waals surface area contributed by atoms with Gasteiger partial charge in [-0.25, -0.2) is 0 Å². The summed E-state index contributed by atoms with van der Waals surface area (Å²) < 4.78 is 11.2. The maximum Gasteiger partial charge on any atom is 0.135 e. The summed E-state index contributed by atoms with van der Waals surface area (Å²) >= 11 is 0. The van der Waals surface area contributed by atoms with Crippen LogP contribution >= 0.6 is 0 Å². The molecule has 120 valence electrons. The predicted octanol–water partition coefficient (Wildman–Crippen LogP) is 4.99. The van der Waals surface area contributed by atoms with Crippen molar-refractivity contribution in [2.24, 2.45) is 0 Å². The van der Waals surface area contributed by atoms with Crippen LogP contribution < -0.4 is 4.74 Å². The van der Waals surface area contributed by atoms with Gasteiger partial charge in [-0.15, -0.1) is 0 Å². The van der Waals surface area contributed by atoms with Crippen molar-refractivity contribution in [1.29, 1.82) is 5.26 Å². The number of fused-ring (bicyclic) bond motifs is 1. The highest BCUT2D eigenvalue weighted by Gasteiger charge is 2.15. The molecule has 24 heavy (non-hydrogen) atoms. The van der Waals surface area contributed by atoms with Crippen LogP contribution in [0.2, 0.25) is 0 Å². The number of allylic oxidation sites excluding steroid dienone is 5. The maximum absolute atomic E-state index is 8.98. The minimum Gasteiger partial charge on any atom is -0.497 e. The fourth-order valence-electron chi connectivity index (χ4n) is 2.64. The molecular weight excluding hydrogens is 300 g/mol. The molecule has 0 aliphatic carbocycles. The average Bonchev–Trinajstić information content (AvgIpc) is 3.03. The van der Waals surface area contributed by atoms with Gasteiger partial charge in [-0.1, -0.05) is 6.58 Å². The first-order chi connectivity index (χ1) is 11.5. The summed E-state index contributed by atoms with van der Waals surface area (Å²) in [6.07, 6.45) is 5.39. The van der Waals surface area contributed by atoms with Gasteiger partial charge in [0.05, 0.1) is 18.8 Å². The smallest absolute Gasteiger partial charge is 0.135 e. The van der Waals surface area contributed by atoms with E-state index < -0.39 is 0 Å². The van der Waals surface area contributed by atoms with Gasteiger partial charge >= 0.3 is 0 Å². The van der Waals surface area contributed by atoms with Crippen LogP contribution in [-0.4, -0.2) is 12.0 Å². The summed E-state index contributed by atoms with van der Waals surface area (Å²) in [4.78, 5) is 1.95. The lowest BCUT2D eigenvalue weighted by molar-refractivity contribution is 0.415. The van der Waals surface area contributed by atoms with Crippen molar-refractivity contribution in [3.63, 3.8) is 0 Å². The highest BCUT2D eigenvalue weighted by Crippen LogP contribution is 2.31. The van der Waals surface area contributed by atoms with Crippen molar-refractivity contribution >= 4 is 16.5 Å². The quantitative estimate of drug-likeness (QED) is 0.800. The molecular formula is C20H18N2O2. The van der Waals surface area contributed by atoms with Crippen LogP contribution in [0.3, 0.4) is 0 Å². The lowest BCUT2D eigenvalue weighted by Gasteiger charge is -2.25. The number of hydrogen-bond acceptors (Lipinski definition) is 4. The zero-order valence-electron chi connectivity index (χ0n) is 14.0. The SMILES string of the molecule is C=C1C=C(C#N)C=CN1/C(C)=C(\C)c1cc2cc(OC)ccc2o1. The third-order valence-electron chi connectivity index (χ3n) is 4.16. The second-order valence-electron chi connectivity index (χ2n) is 5.61. The van der Waals surface area contributed by atoms with Crippen LogP contribution in [0.4, 0.5) is 0 Å². The summed E-state index contributed by atoms with van der Waals surface area (Å²) in [5.41, 5.74) is 4.17. The van der Waals surface area contributed by atoms with Crippen LogP contribution in [0.25, 0.3) is 16.5 Å². The van der Waals surface area contributed by atoms with E-state index in [-0.39, 0.29) is 0 Å². The predicted molar refractivity (Wildman–Crippen MR) is 94.8 cm³/mol. The van der Waals surface area contributed by atoms with Crippen LogP contribution in [-0.2, 0) is 0 Å². The van der Waals surface area contributed by atoms with E-state index in [9.17, 15) is 0 Å². The Hall–Kier alpha value is -3.19. The molecule has 3 rings (SSSR count). The third kappa shape index (κ3) is 2.72. The fraction of sp³-hybridized carbons (Fsp3) is 0.150. The molecule has 0 fully saturated rings. The molecule has 4 heteroatoms. The lowest BCUT2D eigenvalue weighted by Crippen LogP contribution is -2.16. The van der Waals surface area contributed by atoms with Gasteiger partial charge < -0.3 is 14.1 Å². The van der Waals surface area contributed by atoms with Crippen molar-refractivity contribution < 1.29 is 9.15 Å². The number of hydrogen-bond donors (Lipinski definition) is 0. The first-order valence-electron chi connectivity index (χ1n) is 7.57. The van der Waals surface area contributed by atoms with Crippen LogP contribution in [0.1, 0.15) is 19.6 Å². The molecule has 1 aromatic heterocycles. The molecule has 1 aromatic carbocycles. The Bertz CT molecular complexity index is 952. The summed E-state index contributed by atoms with van der Waals surface area (Å²) in [6.45, 7) is 8.03. The molecule has 0 N–H and O–H groups in total. The van der Waals surface area contributed by atoms with E-state index in [2.05, 4.69) is 12.6 Å². The first-order valence-corrected chi connectivity index (χ1v) is 7.57. The molecule has 0 amide bonds. The van der Waals surface area contributed by atoms with Crippen molar-refractivity contribution in [1.82, 2.24) is 4.90 Å². The first kappa shape index (κ1) is 15.7. The molecule has 0 bridgehead atoms. The van der Waals surface area contributed by atoms with Gasteiger partial charge in [0.15, 0.2) is 0 Å². The number of nitriles is 1. The molecule has 1 aliphatic heterocycles. The highest BCUT2D eigenvalue weighted by atomic mass is 16.5. The third-order valence-corrected chi connectivity index (χ3v) is 4.16. The minimum atomic E-state index is 0.595. The van der Waals surface area contributed by atoms with Gasteiger partial charge in [0.25, 0.3) is 0 Å². The van der Waals surface area contributed by atoms with Gasteiger partial charge in [0, 0.05) is 28.6 Å². The highest BCUT2D eigenvalue weighted by molar-refractivity contribution is 5.83. The Balaban J connectivity index is 1.98. The number of rotatable bonds is 3. The van der Waals surface area contributed by atoms with E-state index in [4.69, 9.17) is 14.4 Å². The molecule has 0 spiro atoms. The number of nitrogens with zero attached hydrogens (tertiary/aromatic N) is 2. The monoisotopic (exact) mass is 318 g/mol. The van der Waals surface area contributed by atoms with Crippen LogP contribution in [0.5, 0.6) is 5.75 Å². The van der Waals surface area contributed by atoms with E-state index in [1.165, 1.54) is 0 Å². The molecule has 4 nitrogen and oxygen atoms in total. The van der Waals surface area contributed by atoms with E-state index in [1.807, 2.05) is 49.2 Å². The summed E-state index contributed by atoms with van der Waals surface area (Å²) in [5, 5.41) is 9.97. The zero-order valence-corrected chi connectivity index (χ0v) is 14.0. The molecule has 1 aliphatic rings. The standard InChI is InChI=1S/C20H18N2O2/c1-13-9-16(12-21)7-8-22(13)15(3)14(2)20-11-17-10-18(23-4)5-6-19(17)24-20/h5-11H,1H2,2-4H3/b15-14+. The Kier molecular flexibility index (Phi) is 4.01. The summed E-state index contributed by atoms with van der Waals surface area (Å²) in [6, 6.07) is 9.86. The summed E-state index contributed by atoms with van der Waals surface area (Å²) in [7, 11) is 1.65. The van der Waals surface area contributed by atoms with E-state index in [0.29, 0.717) is 5.57 Å². The van der Waals surface area contributed by atoms with Gasteiger partial charge in [0.2, 0.25) is 0 Å². The number of furan rings is 1. The largest absolute Gasteiger partial charge is 0.497 e. The number of methoxy groups -OCH3 is 1. The van der Waals surface area contributed by atoms with Crippen molar-refractivity contribution in [3.8, 4) is 11.8 Å². The average molecular weight is 318 g/mol. The van der Waals surface area contributed by atoms with Crippen molar-refractivity contribution in [2.45, 2.75) is 13.8 Å². The van der Waals surface area contributed by atoms with Crippen molar-refractivity contribution in [2.75, 3.05) is 7.11 Å². The van der Waals surface area contributed by atoms with Gasteiger partial charge in [-0.05, 0) is 50.3 Å².